The minimum atomic E-state index is 0.261. The Morgan fingerprint density at radius 1 is 1.13 bits per heavy atom. The largest absolute Gasteiger partial charge is 0.385 e. The number of rotatable bonds is 10. The zero-order valence-electron chi connectivity index (χ0n) is 23.1. The van der Waals surface area contributed by atoms with Crippen LogP contribution in [0.3, 0.4) is 0 Å². The van der Waals surface area contributed by atoms with E-state index >= 15 is 0 Å². The fourth-order valence-corrected chi connectivity index (χ4v) is 5.80. The molecule has 7 nitrogen and oxygen atoms in total. The van der Waals surface area contributed by atoms with Crippen LogP contribution < -0.4 is 5.73 Å². The zero-order chi connectivity index (χ0) is 27.2. The van der Waals surface area contributed by atoms with Crippen molar-refractivity contribution in [3.63, 3.8) is 0 Å². The number of aromatic nitrogens is 3. The molecule has 0 aliphatic carbocycles. The SMILES string of the molecule is COCCCn1c(C2CCCN(C(=O)CC(C)Cc3ccc(-c4ccc(N)nc4)cc3)C2)cc2cccnc21. The molecule has 1 fully saturated rings. The number of benzene rings is 1. The molecule has 1 aliphatic rings. The highest BCUT2D eigenvalue weighted by Gasteiger charge is 2.28. The molecule has 2 atom stereocenters. The Hall–Kier alpha value is -3.71. The molecule has 1 saturated heterocycles. The van der Waals surface area contributed by atoms with Crippen LogP contribution in [0.25, 0.3) is 22.2 Å². The summed E-state index contributed by atoms with van der Waals surface area (Å²) in [5.41, 5.74) is 11.4. The molecule has 1 aliphatic heterocycles. The summed E-state index contributed by atoms with van der Waals surface area (Å²) in [4.78, 5) is 24.3. The average molecular weight is 526 g/mol. The summed E-state index contributed by atoms with van der Waals surface area (Å²) in [6, 6.07) is 18.7. The Morgan fingerprint density at radius 3 is 2.72 bits per heavy atom. The summed E-state index contributed by atoms with van der Waals surface area (Å²) >= 11 is 0. The third kappa shape index (κ3) is 6.48. The number of nitrogen functional groups attached to an aromatic ring is 1. The molecule has 0 saturated carbocycles. The monoisotopic (exact) mass is 525 g/mol. The van der Waals surface area contributed by atoms with E-state index in [9.17, 15) is 4.79 Å². The normalized spacial score (nSPS) is 16.5. The molecule has 0 radical (unpaired) electrons. The van der Waals surface area contributed by atoms with Gasteiger partial charge in [0.15, 0.2) is 0 Å². The van der Waals surface area contributed by atoms with Gasteiger partial charge in [-0.2, -0.15) is 0 Å². The molecule has 0 spiro atoms. The number of aryl methyl sites for hydroxylation is 1. The van der Waals surface area contributed by atoms with E-state index in [1.54, 1.807) is 13.3 Å². The molecular formula is C32H39N5O2. The van der Waals surface area contributed by atoms with Gasteiger partial charge in [0.2, 0.25) is 5.91 Å². The van der Waals surface area contributed by atoms with Gasteiger partial charge < -0.3 is 19.9 Å². The third-order valence-corrected chi connectivity index (χ3v) is 7.79. The predicted molar refractivity (Wildman–Crippen MR) is 156 cm³/mol. The maximum atomic E-state index is 13.4. The Labute approximate surface area is 231 Å². The molecule has 1 amide bonds. The van der Waals surface area contributed by atoms with Crippen LogP contribution >= 0.6 is 0 Å². The highest BCUT2D eigenvalue weighted by molar-refractivity contribution is 5.78. The predicted octanol–water partition coefficient (Wildman–Crippen LogP) is 5.69. The minimum absolute atomic E-state index is 0.261. The van der Waals surface area contributed by atoms with Crippen molar-refractivity contribution in [3.05, 3.63) is 78.2 Å². The van der Waals surface area contributed by atoms with Crippen LogP contribution in [0.4, 0.5) is 5.82 Å². The molecule has 39 heavy (non-hydrogen) atoms. The van der Waals surface area contributed by atoms with Crippen LogP contribution in [0.1, 0.15) is 49.8 Å². The lowest BCUT2D eigenvalue weighted by molar-refractivity contribution is -0.133. The van der Waals surface area contributed by atoms with Gasteiger partial charge >= 0.3 is 0 Å². The van der Waals surface area contributed by atoms with Crippen molar-refractivity contribution in [2.24, 2.45) is 5.92 Å². The molecule has 4 aromatic rings. The number of nitrogens with zero attached hydrogens (tertiary/aromatic N) is 4. The summed E-state index contributed by atoms with van der Waals surface area (Å²) in [5, 5.41) is 1.17. The molecule has 3 aromatic heterocycles. The van der Waals surface area contributed by atoms with Gasteiger partial charge in [-0.05, 0) is 73.1 Å². The summed E-state index contributed by atoms with van der Waals surface area (Å²) in [6.45, 7) is 5.39. The first kappa shape index (κ1) is 26.9. The average Bonchev–Trinajstić information content (AvgIpc) is 3.33. The molecule has 0 bridgehead atoms. The van der Waals surface area contributed by atoms with Crippen LogP contribution in [-0.2, 0) is 22.5 Å². The van der Waals surface area contributed by atoms with Gasteiger partial charge in [-0.25, -0.2) is 9.97 Å². The van der Waals surface area contributed by atoms with E-state index in [1.807, 2.05) is 24.4 Å². The summed E-state index contributed by atoms with van der Waals surface area (Å²) in [7, 11) is 1.74. The number of ether oxygens (including phenoxy) is 1. The van der Waals surface area contributed by atoms with E-state index in [0.717, 1.165) is 68.7 Å². The van der Waals surface area contributed by atoms with Gasteiger partial charge in [-0.1, -0.05) is 31.2 Å². The first-order valence-electron chi connectivity index (χ1n) is 14.0. The van der Waals surface area contributed by atoms with Crippen molar-refractivity contribution >= 4 is 22.8 Å². The summed E-state index contributed by atoms with van der Waals surface area (Å²) in [5.74, 6) is 1.38. The second kappa shape index (κ2) is 12.4. The lowest BCUT2D eigenvalue weighted by Crippen LogP contribution is -2.40. The highest BCUT2D eigenvalue weighted by atomic mass is 16.5. The van der Waals surface area contributed by atoms with Gasteiger partial charge in [0.05, 0.1) is 0 Å². The molecule has 1 aromatic carbocycles. The number of carbonyl (C=O) groups is 1. The Bertz CT molecular complexity index is 1380. The van der Waals surface area contributed by atoms with E-state index in [1.165, 1.54) is 16.6 Å². The van der Waals surface area contributed by atoms with Crippen LogP contribution in [0.15, 0.2) is 67.0 Å². The van der Waals surface area contributed by atoms with Crippen molar-refractivity contribution in [2.45, 2.75) is 51.5 Å². The Morgan fingerprint density at radius 2 is 1.95 bits per heavy atom. The topological polar surface area (TPSA) is 86.3 Å². The molecular weight excluding hydrogens is 486 g/mol. The van der Waals surface area contributed by atoms with E-state index in [0.29, 0.717) is 18.2 Å². The van der Waals surface area contributed by atoms with Crippen LogP contribution in [-0.4, -0.2) is 52.1 Å². The van der Waals surface area contributed by atoms with Gasteiger partial charge in [0, 0.05) is 74.7 Å². The van der Waals surface area contributed by atoms with E-state index in [4.69, 9.17) is 10.5 Å². The van der Waals surface area contributed by atoms with Gasteiger partial charge in [0.25, 0.3) is 0 Å². The van der Waals surface area contributed by atoms with Crippen molar-refractivity contribution in [2.75, 3.05) is 32.5 Å². The maximum Gasteiger partial charge on any atom is 0.222 e. The third-order valence-electron chi connectivity index (χ3n) is 7.79. The number of methoxy groups -OCH3 is 1. The quantitative estimate of drug-likeness (QED) is 0.269. The number of amides is 1. The van der Waals surface area contributed by atoms with E-state index in [-0.39, 0.29) is 11.8 Å². The summed E-state index contributed by atoms with van der Waals surface area (Å²) < 4.78 is 7.65. The maximum absolute atomic E-state index is 13.4. The van der Waals surface area contributed by atoms with Crippen molar-refractivity contribution in [1.29, 1.82) is 0 Å². The number of fused-ring (bicyclic) bond motifs is 1. The number of hydrogen-bond donors (Lipinski definition) is 1. The van der Waals surface area contributed by atoms with Crippen LogP contribution in [0.2, 0.25) is 0 Å². The number of nitrogens with two attached hydrogens (primary N) is 1. The lowest BCUT2D eigenvalue weighted by atomic mass is 9.92. The van der Waals surface area contributed by atoms with Crippen LogP contribution in [0, 0.1) is 5.92 Å². The fraction of sp³-hybridized carbons (Fsp3) is 0.406. The molecule has 204 valence electrons. The van der Waals surface area contributed by atoms with Gasteiger partial charge in [-0.3, -0.25) is 4.79 Å². The minimum Gasteiger partial charge on any atom is -0.385 e. The zero-order valence-corrected chi connectivity index (χ0v) is 23.1. The number of carbonyl (C=O) groups excluding carboxylic acids is 1. The van der Waals surface area contributed by atoms with Crippen LogP contribution in [0.5, 0.6) is 0 Å². The highest BCUT2D eigenvalue weighted by Crippen LogP contribution is 2.32. The smallest absolute Gasteiger partial charge is 0.222 e. The number of likely N-dealkylation sites (tertiary alicyclic amines) is 1. The first-order valence-corrected chi connectivity index (χ1v) is 14.0. The molecule has 5 rings (SSSR count). The number of piperidine rings is 1. The summed E-state index contributed by atoms with van der Waals surface area (Å²) in [6.07, 6.45) is 8.16. The van der Waals surface area contributed by atoms with E-state index in [2.05, 4.69) is 62.8 Å². The van der Waals surface area contributed by atoms with E-state index < -0.39 is 0 Å². The lowest BCUT2D eigenvalue weighted by Gasteiger charge is -2.34. The standard InChI is InChI=1S/C32H39N5O2/c1-23(18-24-8-10-25(11-9-24)27-12-13-30(33)35-21-27)19-31(38)36-15-4-7-28(22-36)29-20-26-6-3-14-34-32(26)37(29)16-5-17-39-2/h3,6,8-14,20-21,23,28H,4-5,7,15-19,22H2,1-2H3,(H2,33,35). The molecule has 4 heterocycles. The second-order valence-corrected chi connectivity index (χ2v) is 10.8. The Kier molecular flexibility index (Phi) is 8.57. The van der Waals surface area contributed by atoms with Crippen molar-refractivity contribution in [3.8, 4) is 11.1 Å². The first-order chi connectivity index (χ1) is 19.0. The van der Waals surface area contributed by atoms with Gasteiger partial charge in [0.1, 0.15) is 11.5 Å². The number of anilines is 1. The number of pyridine rings is 2. The van der Waals surface area contributed by atoms with Crippen molar-refractivity contribution in [1.82, 2.24) is 19.4 Å². The number of hydrogen-bond acceptors (Lipinski definition) is 5. The molecule has 2 N–H and O–H groups in total. The fourth-order valence-electron chi connectivity index (χ4n) is 5.80. The van der Waals surface area contributed by atoms with Crippen molar-refractivity contribution < 1.29 is 9.53 Å². The molecule has 2 unspecified atom stereocenters. The Balaban J connectivity index is 1.21. The van der Waals surface area contributed by atoms with Gasteiger partial charge in [-0.15, -0.1) is 0 Å². The molecule has 7 heteroatoms. The second-order valence-electron chi connectivity index (χ2n) is 10.8.